The minimum Gasteiger partial charge on any atom is -0.487 e. The Morgan fingerprint density at radius 1 is 1.19 bits per heavy atom. The molecule has 90 valence electrons. The van der Waals surface area contributed by atoms with E-state index in [1.54, 1.807) is 7.11 Å². The topological polar surface area (TPSA) is 44.5 Å². The van der Waals surface area contributed by atoms with Crippen LogP contribution in [0, 0.1) is 0 Å². The van der Waals surface area contributed by atoms with Crippen molar-refractivity contribution in [1.29, 1.82) is 0 Å². The summed E-state index contributed by atoms with van der Waals surface area (Å²) in [7, 11) is 1.65. The van der Waals surface area contributed by atoms with Crippen molar-refractivity contribution in [2.75, 3.05) is 20.3 Å². The molecule has 0 radical (unpaired) electrons. The van der Waals surface area contributed by atoms with Crippen molar-refractivity contribution in [2.24, 2.45) is 5.73 Å². The molecule has 2 N–H and O–H groups in total. The van der Waals surface area contributed by atoms with Crippen molar-refractivity contribution in [3.8, 4) is 5.75 Å². The largest absolute Gasteiger partial charge is 0.487 e. The minimum atomic E-state index is -0.0742. The molecule has 0 heterocycles. The normalized spacial score (nSPS) is 12.8. The number of hydrogen-bond acceptors (Lipinski definition) is 3. The van der Waals surface area contributed by atoms with Crippen LogP contribution in [0.3, 0.4) is 0 Å². The molecule has 0 fully saturated rings. The smallest absolute Gasteiger partial charge is 0.134 e. The Morgan fingerprint density at radius 2 is 1.81 bits per heavy atom. The third-order valence-corrected chi connectivity index (χ3v) is 2.46. The fourth-order valence-corrected chi connectivity index (χ4v) is 1.46. The maximum Gasteiger partial charge on any atom is 0.134 e. The maximum absolute atomic E-state index is 5.69. The van der Waals surface area contributed by atoms with Gasteiger partial charge in [0.1, 0.15) is 11.9 Å². The molecule has 0 saturated carbocycles. The zero-order chi connectivity index (χ0) is 12.0. The average molecular weight is 223 g/mol. The Morgan fingerprint density at radius 3 is 2.25 bits per heavy atom. The number of benzene rings is 1. The molecule has 3 heteroatoms. The number of nitrogens with two attached hydrogens (primary N) is 1. The van der Waals surface area contributed by atoms with Crippen molar-refractivity contribution in [1.82, 2.24) is 0 Å². The molecule has 1 rings (SSSR count). The number of ether oxygens (including phenoxy) is 2. The van der Waals surface area contributed by atoms with E-state index in [0.29, 0.717) is 19.1 Å². The van der Waals surface area contributed by atoms with E-state index in [9.17, 15) is 0 Å². The second-order valence-corrected chi connectivity index (χ2v) is 4.15. The lowest BCUT2D eigenvalue weighted by atomic mass is 10.0. The Kier molecular flexibility index (Phi) is 5.29. The third kappa shape index (κ3) is 3.83. The quantitative estimate of drug-likeness (QED) is 0.803. The van der Waals surface area contributed by atoms with Gasteiger partial charge in [0, 0.05) is 13.7 Å². The van der Waals surface area contributed by atoms with Crippen LogP contribution >= 0.6 is 0 Å². The van der Waals surface area contributed by atoms with Gasteiger partial charge in [-0.25, -0.2) is 0 Å². The van der Waals surface area contributed by atoms with Gasteiger partial charge in [-0.15, -0.1) is 0 Å². The van der Waals surface area contributed by atoms with Gasteiger partial charge < -0.3 is 15.2 Å². The number of rotatable bonds is 6. The van der Waals surface area contributed by atoms with Crippen LogP contribution in [-0.2, 0) is 4.74 Å². The maximum atomic E-state index is 5.69. The van der Waals surface area contributed by atoms with Crippen LogP contribution < -0.4 is 10.5 Å². The predicted octanol–water partition coefficient (Wildman–Crippen LogP) is 2.16. The van der Waals surface area contributed by atoms with Gasteiger partial charge >= 0.3 is 0 Å². The van der Waals surface area contributed by atoms with Gasteiger partial charge in [0.05, 0.1) is 6.61 Å². The Hall–Kier alpha value is -1.06. The summed E-state index contributed by atoms with van der Waals surface area (Å²) in [4.78, 5) is 0. The zero-order valence-corrected chi connectivity index (χ0v) is 10.3. The van der Waals surface area contributed by atoms with Crippen LogP contribution in [0.4, 0.5) is 0 Å². The van der Waals surface area contributed by atoms with Gasteiger partial charge in [-0.1, -0.05) is 26.0 Å². The van der Waals surface area contributed by atoms with Crippen molar-refractivity contribution in [3.63, 3.8) is 0 Å². The van der Waals surface area contributed by atoms with Crippen molar-refractivity contribution >= 4 is 0 Å². The summed E-state index contributed by atoms with van der Waals surface area (Å²) in [5.74, 6) is 1.38. The van der Waals surface area contributed by atoms with Gasteiger partial charge in [0.2, 0.25) is 0 Å². The first-order valence-electron chi connectivity index (χ1n) is 5.63. The standard InChI is InChI=1S/C13H21NO2/c1-10(2)11-4-6-12(7-5-11)16-13(8-14)9-15-3/h4-7,10,13H,8-9,14H2,1-3H3. The second-order valence-electron chi connectivity index (χ2n) is 4.15. The lowest BCUT2D eigenvalue weighted by Crippen LogP contribution is -2.31. The molecule has 0 aromatic heterocycles. The average Bonchev–Trinajstić information content (AvgIpc) is 2.29. The van der Waals surface area contributed by atoms with E-state index in [2.05, 4.69) is 26.0 Å². The van der Waals surface area contributed by atoms with E-state index >= 15 is 0 Å². The SMILES string of the molecule is COCC(CN)Oc1ccc(C(C)C)cc1. The summed E-state index contributed by atoms with van der Waals surface area (Å²) in [6.07, 6.45) is -0.0742. The molecule has 1 aromatic carbocycles. The lowest BCUT2D eigenvalue weighted by Gasteiger charge is -2.17. The van der Waals surface area contributed by atoms with E-state index < -0.39 is 0 Å². The minimum absolute atomic E-state index is 0.0742. The third-order valence-electron chi connectivity index (χ3n) is 2.46. The molecule has 1 unspecified atom stereocenters. The molecule has 0 aliphatic rings. The zero-order valence-electron chi connectivity index (χ0n) is 10.3. The van der Waals surface area contributed by atoms with E-state index in [4.69, 9.17) is 15.2 Å². The summed E-state index contributed by atoms with van der Waals surface area (Å²) in [6, 6.07) is 8.13. The first-order valence-corrected chi connectivity index (χ1v) is 5.63. The first-order chi connectivity index (χ1) is 7.67. The molecule has 1 atom stereocenters. The van der Waals surface area contributed by atoms with Gasteiger partial charge in [-0.3, -0.25) is 0 Å². The summed E-state index contributed by atoms with van der Waals surface area (Å²) < 4.78 is 10.7. The highest BCUT2D eigenvalue weighted by Gasteiger charge is 2.08. The molecule has 0 aliphatic carbocycles. The summed E-state index contributed by atoms with van der Waals surface area (Å²) in [5.41, 5.74) is 6.89. The highest BCUT2D eigenvalue weighted by molar-refractivity contribution is 5.29. The van der Waals surface area contributed by atoms with Crippen LogP contribution in [0.15, 0.2) is 24.3 Å². The molecule has 1 aromatic rings. The fourth-order valence-electron chi connectivity index (χ4n) is 1.46. The van der Waals surface area contributed by atoms with Gasteiger partial charge in [0.15, 0.2) is 0 Å². The highest BCUT2D eigenvalue weighted by Crippen LogP contribution is 2.19. The Bertz CT molecular complexity index is 295. The van der Waals surface area contributed by atoms with E-state index in [1.807, 2.05) is 12.1 Å². The van der Waals surface area contributed by atoms with Crippen LogP contribution in [0.1, 0.15) is 25.3 Å². The molecule has 16 heavy (non-hydrogen) atoms. The molecule has 0 aliphatic heterocycles. The van der Waals surface area contributed by atoms with Crippen LogP contribution in [-0.4, -0.2) is 26.4 Å². The van der Waals surface area contributed by atoms with Crippen molar-refractivity contribution in [2.45, 2.75) is 25.9 Å². The van der Waals surface area contributed by atoms with Crippen LogP contribution in [0.5, 0.6) is 5.75 Å². The van der Waals surface area contributed by atoms with E-state index in [-0.39, 0.29) is 6.10 Å². The predicted molar refractivity (Wildman–Crippen MR) is 65.9 cm³/mol. The van der Waals surface area contributed by atoms with Crippen molar-refractivity contribution < 1.29 is 9.47 Å². The van der Waals surface area contributed by atoms with Gasteiger partial charge in [-0.05, 0) is 23.6 Å². The molecule has 0 amide bonds. The van der Waals surface area contributed by atoms with Crippen molar-refractivity contribution in [3.05, 3.63) is 29.8 Å². The lowest BCUT2D eigenvalue weighted by molar-refractivity contribution is 0.0860. The van der Waals surface area contributed by atoms with Crippen LogP contribution in [0.25, 0.3) is 0 Å². The molecule has 0 bridgehead atoms. The molecule has 3 nitrogen and oxygen atoms in total. The fraction of sp³-hybridized carbons (Fsp3) is 0.538. The summed E-state index contributed by atoms with van der Waals surface area (Å²) >= 11 is 0. The van der Waals surface area contributed by atoms with E-state index in [1.165, 1.54) is 5.56 Å². The van der Waals surface area contributed by atoms with Gasteiger partial charge in [-0.2, -0.15) is 0 Å². The highest BCUT2D eigenvalue weighted by atomic mass is 16.5. The molecule has 0 saturated heterocycles. The number of methoxy groups -OCH3 is 1. The monoisotopic (exact) mass is 223 g/mol. The Labute approximate surface area is 97.6 Å². The number of hydrogen-bond donors (Lipinski definition) is 1. The van der Waals surface area contributed by atoms with Crippen LogP contribution in [0.2, 0.25) is 0 Å². The van der Waals surface area contributed by atoms with Gasteiger partial charge in [0.25, 0.3) is 0 Å². The van der Waals surface area contributed by atoms with E-state index in [0.717, 1.165) is 5.75 Å². The summed E-state index contributed by atoms with van der Waals surface area (Å²) in [6.45, 7) is 5.31. The first kappa shape index (κ1) is 13.0. The summed E-state index contributed by atoms with van der Waals surface area (Å²) in [5, 5.41) is 0. The second kappa shape index (κ2) is 6.51. The molecule has 0 spiro atoms. The Balaban J connectivity index is 2.60. The molecular formula is C13H21NO2. The molecular weight excluding hydrogens is 202 g/mol.